The summed E-state index contributed by atoms with van der Waals surface area (Å²) in [5.41, 5.74) is -0.244. The third kappa shape index (κ3) is 6.10. The van der Waals surface area contributed by atoms with Crippen LogP contribution in [0.25, 0.3) is 0 Å². The molecule has 92 valence electrons. The minimum absolute atomic E-state index is 0.0249. The van der Waals surface area contributed by atoms with E-state index in [1.807, 2.05) is 0 Å². The average molecular weight is 219 g/mol. The van der Waals surface area contributed by atoms with Crippen molar-refractivity contribution >= 4 is 0 Å². The zero-order chi connectivity index (χ0) is 11.9. The minimum Gasteiger partial charge on any atom is -0.396 e. The molecular weight excluding hydrogens is 194 g/mol. The highest BCUT2D eigenvalue weighted by atomic mass is 16.6. The number of hydrogen-bond donors (Lipinski definition) is 3. The summed E-state index contributed by atoms with van der Waals surface area (Å²) in [6, 6.07) is 0. The molecule has 4 nitrogen and oxygen atoms in total. The van der Waals surface area contributed by atoms with Gasteiger partial charge in [-0.25, -0.2) is 5.90 Å². The van der Waals surface area contributed by atoms with Crippen LogP contribution in [0.2, 0.25) is 0 Å². The first-order chi connectivity index (χ1) is 6.89. The fourth-order valence-electron chi connectivity index (χ4n) is 1.41. The van der Waals surface area contributed by atoms with Crippen molar-refractivity contribution in [1.82, 2.24) is 0 Å². The van der Waals surface area contributed by atoms with Crippen molar-refractivity contribution in [2.75, 3.05) is 19.8 Å². The van der Waals surface area contributed by atoms with Crippen molar-refractivity contribution in [3.05, 3.63) is 0 Å². The lowest BCUT2D eigenvalue weighted by Gasteiger charge is -2.32. The van der Waals surface area contributed by atoms with E-state index in [-0.39, 0.29) is 18.6 Å². The van der Waals surface area contributed by atoms with Gasteiger partial charge in [-0.1, -0.05) is 20.8 Å². The lowest BCUT2D eigenvalue weighted by molar-refractivity contribution is 0.00325. The second-order valence-electron chi connectivity index (χ2n) is 5.50. The Morgan fingerprint density at radius 2 is 1.53 bits per heavy atom. The van der Waals surface area contributed by atoms with Crippen molar-refractivity contribution in [1.29, 1.82) is 0 Å². The Labute approximate surface area is 92.4 Å². The molecule has 0 aromatic rings. The number of rotatable bonds is 7. The van der Waals surface area contributed by atoms with Gasteiger partial charge in [0.1, 0.15) is 0 Å². The molecule has 0 radical (unpaired) electrons. The summed E-state index contributed by atoms with van der Waals surface area (Å²) in [5.74, 6) is 4.96. The van der Waals surface area contributed by atoms with Gasteiger partial charge in [-0.15, -0.1) is 0 Å². The van der Waals surface area contributed by atoms with Gasteiger partial charge in [-0.05, 0) is 24.7 Å². The Morgan fingerprint density at radius 3 is 1.87 bits per heavy atom. The monoisotopic (exact) mass is 219 g/mol. The van der Waals surface area contributed by atoms with Crippen LogP contribution in [0.15, 0.2) is 0 Å². The van der Waals surface area contributed by atoms with Crippen LogP contribution in [0, 0.1) is 10.8 Å². The highest BCUT2D eigenvalue weighted by Gasteiger charge is 2.30. The summed E-state index contributed by atoms with van der Waals surface area (Å²) in [6.07, 6.45) is 2.33. The number of aliphatic hydroxyl groups excluding tert-OH is 2. The van der Waals surface area contributed by atoms with Gasteiger partial charge in [0.15, 0.2) is 0 Å². The summed E-state index contributed by atoms with van der Waals surface area (Å²) in [6.45, 7) is 6.75. The molecule has 0 fully saturated rings. The molecule has 0 aliphatic rings. The molecule has 0 aromatic heterocycles. The van der Waals surface area contributed by atoms with Crippen LogP contribution in [0.5, 0.6) is 0 Å². The van der Waals surface area contributed by atoms with Crippen LogP contribution >= 0.6 is 0 Å². The van der Waals surface area contributed by atoms with Gasteiger partial charge in [0, 0.05) is 5.41 Å². The predicted molar refractivity (Wildman–Crippen MR) is 60.1 cm³/mol. The summed E-state index contributed by atoms with van der Waals surface area (Å²) >= 11 is 0. The maximum Gasteiger partial charge on any atom is 0.0686 e. The van der Waals surface area contributed by atoms with Crippen molar-refractivity contribution in [2.24, 2.45) is 16.7 Å². The zero-order valence-corrected chi connectivity index (χ0v) is 10.1. The van der Waals surface area contributed by atoms with E-state index in [9.17, 15) is 10.2 Å². The van der Waals surface area contributed by atoms with Crippen LogP contribution in [0.1, 0.15) is 40.0 Å². The molecule has 0 saturated heterocycles. The smallest absolute Gasteiger partial charge is 0.0686 e. The van der Waals surface area contributed by atoms with Gasteiger partial charge >= 0.3 is 0 Å². The van der Waals surface area contributed by atoms with Crippen molar-refractivity contribution in [2.45, 2.75) is 40.0 Å². The second-order valence-corrected chi connectivity index (χ2v) is 5.50. The fourth-order valence-corrected chi connectivity index (χ4v) is 1.41. The van der Waals surface area contributed by atoms with Crippen LogP contribution < -0.4 is 5.90 Å². The molecule has 4 heteroatoms. The Kier molecular flexibility index (Phi) is 6.36. The molecular formula is C11H25NO3. The topological polar surface area (TPSA) is 75.7 Å². The van der Waals surface area contributed by atoms with Crippen molar-refractivity contribution in [3.8, 4) is 0 Å². The van der Waals surface area contributed by atoms with E-state index in [4.69, 9.17) is 5.90 Å². The average Bonchev–Trinajstić information content (AvgIpc) is 2.18. The van der Waals surface area contributed by atoms with Gasteiger partial charge in [-0.2, -0.15) is 0 Å². The van der Waals surface area contributed by atoms with E-state index in [1.165, 1.54) is 0 Å². The van der Waals surface area contributed by atoms with E-state index in [2.05, 4.69) is 25.6 Å². The lowest BCUT2D eigenvalue weighted by Crippen LogP contribution is -2.33. The molecule has 0 spiro atoms. The van der Waals surface area contributed by atoms with Crippen LogP contribution in [-0.2, 0) is 4.84 Å². The Balaban J connectivity index is 4.23. The first-order valence-corrected chi connectivity index (χ1v) is 5.42. The molecule has 4 N–H and O–H groups in total. The number of hydrogen-bond acceptors (Lipinski definition) is 4. The lowest BCUT2D eigenvalue weighted by atomic mass is 9.76. The second kappa shape index (κ2) is 6.43. The minimum atomic E-state index is -0.452. The van der Waals surface area contributed by atoms with E-state index in [0.717, 1.165) is 12.8 Å². The first-order valence-electron chi connectivity index (χ1n) is 5.42. The Bertz CT molecular complexity index is 162. The van der Waals surface area contributed by atoms with Crippen molar-refractivity contribution in [3.63, 3.8) is 0 Å². The third-order valence-electron chi connectivity index (χ3n) is 2.83. The quantitative estimate of drug-likeness (QED) is 0.560. The summed E-state index contributed by atoms with van der Waals surface area (Å²) < 4.78 is 0. The number of aliphatic hydroxyl groups is 2. The Morgan fingerprint density at radius 1 is 1.00 bits per heavy atom. The van der Waals surface area contributed by atoms with E-state index >= 15 is 0 Å². The summed E-state index contributed by atoms with van der Waals surface area (Å²) in [4.78, 5) is 4.51. The normalized spacial score (nSPS) is 13.2. The fraction of sp³-hybridized carbons (Fsp3) is 1.00. The Hall–Kier alpha value is -0.160. The van der Waals surface area contributed by atoms with Crippen LogP contribution in [0.4, 0.5) is 0 Å². The van der Waals surface area contributed by atoms with Gasteiger partial charge < -0.3 is 15.1 Å². The van der Waals surface area contributed by atoms with Gasteiger partial charge in [0.05, 0.1) is 19.8 Å². The maximum atomic E-state index is 9.34. The first kappa shape index (κ1) is 14.8. The van der Waals surface area contributed by atoms with Gasteiger partial charge in [0.25, 0.3) is 0 Å². The largest absolute Gasteiger partial charge is 0.396 e. The molecule has 0 unspecified atom stereocenters. The molecule has 15 heavy (non-hydrogen) atoms. The highest BCUT2D eigenvalue weighted by molar-refractivity contribution is 4.80. The third-order valence-corrected chi connectivity index (χ3v) is 2.83. The van der Waals surface area contributed by atoms with E-state index < -0.39 is 5.41 Å². The standard InChI is InChI=1S/C11H25NO3/c1-10(2,3)4-5-11(8-13,9-14)6-7-15-12/h13-14H,4-9,12H2,1-3H3. The zero-order valence-electron chi connectivity index (χ0n) is 10.1. The summed E-state index contributed by atoms with van der Waals surface area (Å²) in [5, 5.41) is 18.7. The molecule has 0 rings (SSSR count). The van der Waals surface area contributed by atoms with E-state index in [0.29, 0.717) is 13.0 Å². The molecule has 0 atom stereocenters. The SMILES string of the molecule is CC(C)(C)CCC(CO)(CO)CCON. The highest BCUT2D eigenvalue weighted by Crippen LogP contribution is 2.33. The predicted octanol–water partition coefficient (Wildman–Crippen LogP) is 1.06. The van der Waals surface area contributed by atoms with Crippen LogP contribution in [-0.4, -0.2) is 30.0 Å². The van der Waals surface area contributed by atoms with Gasteiger partial charge in [-0.3, -0.25) is 0 Å². The molecule has 0 heterocycles. The molecule has 0 bridgehead atoms. The maximum absolute atomic E-state index is 9.34. The molecule has 0 saturated carbocycles. The van der Waals surface area contributed by atoms with Crippen LogP contribution in [0.3, 0.4) is 0 Å². The van der Waals surface area contributed by atoms with Crippen molar-refractivity contribution < 1.29 is 15.1 Å². The molecule has 0 aliphatic heterocycles. The number of nitrogens with two attached hydrogens (primary N) is 1. The molecule has 0 aliphatic carbocycles. The van der Waals surface area contributed by atoms with Gasteiger partial charge in [0.2, 0.25) is 0 Å². The summed E-state index contributed by atoms with van der Waals surface area (Å²) in [7, 11) is 0. The molecule has 0 aromatic carbocycles. The van der Waals surface area contributed by atoms with E-state index in [1.54, 1.807) is 0 Å². The molecule has 0 amide bonds.